The minimum Gasteiger partial charge on any atom is -0.409 e. The van der Waals surface area contributed by atoms with Gasteiger partial charge in [0.15, 0.2) is 16.5 Å². The molecular formula is C12H14N4O4S. The number of anilines is 1. The van der Waals surface area contributed by atoms with Gasteiger partial charge in [-0.3, -0.25) is 4.72 Å². The van der Waals surface area contributed by atoms with Gasteiger partial charge in [-0.25, -0.2) is 8.42 Å². The highest BCUT2D eigenvalue weighted by atomic mass is 32.2. The molecule has 2 aromatic rings. The van der Waals surface area contributed by atoms with Crippen LogP contribution in [0.4, 0.5) is 5.69 Å². The minimum absolute atomic E-state index is 0.0167. The Bertz CT molecular complexity index is 759. The topological polar surface area (TPSA) is 131 Å². The quantitative estimate of drug-likeness (QED) is 0.336. The van der Waals surface area contributed by atoms with Crippen molar-refractivity contribution in [2.24, 2.45) is 10.9 Å². The fraction of sp³-hybridized carbons (Fsp3) is 0.167. The maximum absolute atomic E-state index is 12.3. The summed E-state index contributed by atoms with van der Waals surface area (Å²) in [5.41, 5.74) is 6.52. The van der Waals surface area contributed by atoms with Crippen molar-refractivity contribution >= 4 is 21.5 Å². The standard InChI is InChI=1S/C12H14N4O4S/c1-7-11(8(2)20-15-7)21(18,19)16-10-5-3-9(4-6-10)12(13)14-17/h3-6,16-17H,1-2H3,(H2,13,14). The van der Waals surface area contributed by atoms with Gasteiger partial charge in [0, 0.05) is 11.3 Å². The van der Waals surface area contributed by atoms with Crippen molar-refractivity contribution in [1.82, 2.24) is 5.16 Å². The van der Waals surface area contributed by atoms with Crippen LogP contribution in [-0.2, 0) is 10.0 Å². The van der Waals surface area contributed by atoms with Gasteiger partial charge in [-0.05, 0) is 38.1 Å². The summed E-state index contributed by atoms with van der Waals surface area (Å²) in [7, 11) is -3.79. The average Bonchev–Trinajstić information content (AvgIpc) is 2.78. The lowest BCUT2D eigenvalue weighted by atomic mass is 10.2. The van der Waals surface area contributed by atoms with Crippen LogP contribution in [0.15, 0.2) is 38.8 Å². The first-order valence-electron chi connectivity index (χ1n) is 5.89. The van der Waals surface area contributed by atoms with Crippen molar-refractivity contribution in [3.63, 3.8) is 0 Å². The maximum atomic E-state index is 12.3. The average molecular weight is 310 g/mol. The van der Waals surface area contributed by atoms with E-state index in [2.05, 4.69) is 15.0 Å². The molecule has 4 N–H and O–H groups in total. The Morgan fingerprint density at radius 3 is 2.43 bits per heavy atom. The van der Waals surface area contributed by atoms with Crippen LogP contribution >= 0.6 is 0 Å². The minimum atomic E-state index is -3.79. The molecule has 0 saturated heterocycles. The first-order valence-corrected chi connectivity index (χ1v) is 7.37. The normalized spacial score (nSPS) is 12.4. The molecule has 112 valence electrons. The number of nitrogens with zero attached hydrogens (tertiary/aromatic N) is 2. The van der Waals surface area contributed by atoms with Crippen molar-refractivity contribution in [3.05, 3.63) is 41.3 Å². The molecule has 2 rings (SSSR count). The monoisotopic (exact) mass is 310 g/mol. The van der Waals surface area contributed by atoms with Crippen molar-refractivity contribution < 1.29 is 18.1 Å². The third-order valence-corrected chi connectivity index (χ3v) is 4.40. The summed E-state index contributed by atoms with van der Waals surface area (Å²) < 4.78 is 31.8. The molecule has 1 aromatic carbocycles. The zero-order valence-corrected chi connectivity index (χ0v) is 12.2. The highest BCUT2D eigenvalue weighted by Crippen LogP contribution is 2.22. The van der Waals surface area contributed by atoms with Gasteiger partial charge in [-0.15, -0.1) is 0 Å². The molecule has 0 radical (unpaired) electrons. The van der Waals surface area contributed by atoms with Crippen LogP contribution in [0.25, 0.3) is 0 Å². The summed E-state index contributed by atoms with van der Waals surface area (Å²) in [5, 5.41) is 15.0. The van der Waals surface area contributed by atoms with Crippen molar-refractivity contribution in [2.75, 3.05) is 4.72 Å². The predicted octanol–water partition coefficient (Wildman–Crippen LogP) is 1.19. The molecule has 0 aliphatic carbocycles. The summed E-state index contributed by atoms with van der Waals surface area (Å²) in [5.74, 6) is 0.156. The fourth-order valence-corrected chi connectivity index (χ4v) is 3.22. The van der Waals surface area contributed by atoms with Crippen molar-refractivity contribution in [2.45, 2.75) is 18.7 Å². The Morgan fingerprint density at radius 1 is 1.33 bits per heavy atom. The molecule has 21 heavy (non-hydrogen) atoms. The molecule has 9 heteroatoms. The number of nitrogens with one attached hydrogen (secondary N) is 1. The summed E-state index contributed by atoms with van der Waals surface area (Å²) in [6, 6.07) is 6.06. The van der Waals surface area contributed by atoms with Gasteiger partial charge < -0.3 is 15.5 Å². The van der Waals surface area contributed by atoms with Gasteiger partial charge in [0.1, 0.15) is 5.69 Å². The largest absolute Gasteiger partial charge is 0.409 e. The molecule has 0 bridgehead atoms. The Morgan fingerprint density at radius 2 is 1.95 bits per heavy atom. The summed E-state index contributed by atoms with van der Waals surface area (Å²) >= 11 is 0. The Labute approximate surface area is 121 Å². The third kappa shape index (κ3) is 2.97. The van der Waals surface area contributed by atoms with Gasteiger partial charge in [-0.2, -0.15) is 0 Å². The van der Waals surface area contributed by atoms with Crippen LogP contribution < -0.4 is 10.5 Å². The predicted molar refractivity (Wildman–Crippen MR) is 75.7 cm³/mol. The third-order valence-electron chi connectivity index (χ3n) is 2.78. The van der Waals surface area contributed by atoms with Gasteiger partial charge in [0.05, 0.1) is 0 Å². The van der Waals surface area contributed by atoms with Crippen LogP contribution in [0.1, 0.15) is 17.0 Å². The number of nitrogens with two attached hydrogens (primary N) is 1. The molecule has 0 unspecified atom stereocenters. The Balaban J connectivity index is 2.30. The van der Waals surface area contributed by atoms with Gasteiger partial charge in [-0.1, -0.05) is 10.3 Å². The molecule has 1 heterocycles. The second kappa shape index (κ2) is 5.44. The molecule has 0 fully saturated rings. The first kappa shape index (κ1) is 14.9. The van der Waals surface area contributed by atoms with Crippen LogP contribution in [0, 0.1) is 13.8 Å². The number of hydrogen-bond acceptors (Lipinski definition) is 6. The number of oxime groups is 1. The van der Waals surface area contributed by atoms with E-state index >= 15 is 0 Å². The van der Waals surface area contributed by atoms with E-state index in [0.29, 0.717) is 11.3 Å². The smallest absolute Gasteiger partial charge is 0.267 e. The second-order valence-corrected chi connectivity index (χ2v) is 5.94. The zero-order chi connectivity index (χ0) is 15.6. The highest BCUT2D eigenvalue weighted by Gasteiger charge is 2.24. The molecule has 0 aliphatic heterocycles. The molecule has 0 amide bonds. The number of amidine groups is 1. The second-order valence-electron chi connectivity index (χ2n) is 4.32. The van der Waals surface area contributed by atoms with E-state index in [1.54, 1.807) is 6.92 Å². The van der Waals surface area contributed by atoms with E-state index in [1.165, 1.54) is 31.2 Å². The van der Waals surface area contributed by atoms with E-state index in [1.807, 2.05) is 0 Å². The molecule has 0 aliphatic rings. The molecule has 0 saturated carbocycles. The summed E-state index contributed by atoms with van der Waals surface area (Å²) in [6.45, 7) is 3.07. The Kier molecular flexibility index (Phi) is 3.85. The van der Waals surface area contributed by atoms with Gasteiger partial charge in [0.2, 0.25) is 0 Å². The number of benzene rings is 1. The molecule has 1 aromatic heterocycles. The lowest BCUT2D eigenvalue weighted by molar-refractivity contribution is 0.318. The maximum Gasteiger partial charge on any atom is 0.267 e. The number of rotatable bonds is 4. The van der Waals surface area contributed by atoms with Crippen LogP contribution in [-0.4, -0.2) is 24.6 Å². The van der Waals surface area contributed by atoms with E-state index in [-0.39, 0.29) is 22.2 Å². The van der Waals surface area contributed by atoms with Gasteiger partial charge in [0.25, 0.3) is 10.0 Å². The Hall–Kier alpha value is -2.55. The number of hydrogen-bond donors (Lipinski definition) is 3. The van der Waals surface area contributed by atoms with Crippen molar-refractivity contribution in [3.8, 4) is 0 Å². The zero-order valence-electron chi connectivity index (χ0n) is 11.4. The van der Waals surface area contributed by atoms with Crippen molar-refractivity contribution in [1.29, 1.82) is 0 Å². The molecular weight excluding hydrogens is 296 g/mol. The van der Waals surface area contributed by atoms with Crippen LogP contribution in [0.2, 0.25) is 0 Å². The SMILES string of the molecule is Cc1noc(C)c1S(=O)(=O)Nc1ccc(/C(N)=N/O)cc1. The summed E-state index contributed by atoms with van der Waals surface area (Å²) in [4.78, 5) is 0.0167. The number of aromatic nitrogens is 1. The van der Waals surface area contributed by atoms with Crippen LogP contribution in [0.3, 0.4) is 0 Å². The fourth-order valence-electron chi connectivity index (χ4n) is 1.83. The van der Waals surface area contributed by atoms with Crippen LogP contribution in [0.5, 0.6) is 0 Å². The molecule has 8 nitrogen and oxygen atoms in total. The molecule has 0 atom stereocenters. The van der Waals surface area contributed by atoms with E-state index in [0.717, 1.165) is 0 Å². The van der Waals surface area contributed by atoms with E-state index in [4.69, 9.17) is 15.5 Å². The lowest BCUT2D eigenvalue weighted by Gasteiger charge is -2.08. The number of sulfonamides is 1. The lowest BCUT2D eigenvalue weighted by Crippen LogP contribution is -2.15. The van der Waals surface area contributed by atoms with E-state index < -0.39 is 10.0 Å². The van der Waals surface area contributed by atoms with E-state index in [9.17, 15) is 8.42 Å². The first-order chi connectivity index (χ1) is 9.85. The number of aryl methyl sites for hydroxylation is 2. The van der Waals surface area contributed by atoms with Gasteiger partial charge >= 0.3 is 0 Å². The summed E-state index contributed by atoms with van der Waals surface area (Å²) in [6.07, 6.45) is 0. The highest BCUT2D eigenvalue weighted by molar-refractivity contribution is 7.92. The molecule has 0 spiro atoms.